The Morgan fingerprint density at radius 3 is 2.83 bits per heavy atom. The Morgan fingerprint density at radius 2 is 2.22 bits per heavy atom. The van der Waals surface area contributed by atoms with Gasteiger partial charge < -0.3 is 15.2 Å². The van der Waals surface area contributed by atoms with Crippen LogP contribution >= 0.6 is 11.6 Å². The maximum absolute atomic E-state index is 11.2. The second-order valence-corrected chi connectivity index (χ2v) is 4.20. The van der Waals surface area contributed by atoms with Crippen molar-refractivity contribution >= 4 is 17.6 Å². The number of hydrogen-bond donors (Lipinski definition) is 2. The highest BCUT2D eigenvalue weighted by Crippen LogP contribution is 2.22. The molecule has 2 N–H and O–H groups in total. The molecule has 5 heteroatoms. The van der Waals surface area contributed by atoms with Crippen molar-refractivity contribution in [2.45, 2.75) is 19.4 Å². The van der Waals surface area contributed by atoms with Crippen LogP contribution in [0.3, 0.4) is 0 Å². The van der Waals surface area contributed by atoms with Crippen LogP contribution in [0.5, 0.6) is 0 Å². The van der Waals surface area contributed by atoms with Gasteiger partial charge in [0.05, 0.1) is 0 Å². The number of carboxylic acids is 1. The summed E-state index contributed by atoms with van der Waals surface area (Å²) in [6.45, 7) is 3.80. The zero-order valence-electron chi connectivity index (χ0n) is 10.4. The number of hydrogen-bond acceptors (Lipinski definition) is 3. The molecule has 0 amide bonds. The Balaban J connectivity index is 2.56. The third kappa shape index (κ3) is 4.64. The minimum Gasteiger partial charge on any atom is -0.480 e. The molecule has 0 radical (unpaired) electrons. The highest BCUT2D eigenvalue weighted by Gasteiger charge is 2.20. The molecule has 0 aliphatic carbocycles. The van der Waals surface area contributed by atoms with E-state index in [-0.39, 0.29) is 0 Å². The summed E-state index contributed by atoms with van der Waals surface area (Å²) in [6.07, 6.45) is 0.766. The van der Waals surface area contributed by atoms with Gasteiger partial charge in [0.25, 0.3) is 0 Å². The molecule has 0 heterocycles. The van der Waals surface area contributed by atoms with Crippen molar-refractivity contribution in [1.29, 1.82) is 0 Å². The molecule has 0 aromatic heterocycles. The maximum atomic E-state index is 11.2. The van der Waals surface area contributed by atoms with Gasteiger partial charge in [0.15, 0.2) is 0 Å². The number of carboxylic acid groups (broad SMARTS) is 1. The quantitative estimate of drug-likeness (QED) is 0.713. The smallest absolute Gasteiger partial charge is 0.325 e. The number of ether oxygens (including phenoxy) is 1. The molecular formula is C13H18ClNO3. The highest BCUT2D eigenvalue weighted by atomic mass is 35.5. The molecule has 0 saturated carbocycles. The van der Waals surface area contributed by atoms with Gasteiger partial charge >= 0.3 is 5.97 Å². The first-order valence-corrected chi connectivity index (χ1v) is 6.33. The summed E-state index contributed by atoms with van der Waals surface area (Å²) in [5.74, 6) is -0.931. The monoisotopic (exact) mass is 271 g/mol. The molecule has 1 atom stereocenters. The molecule has 0 spiro atoms. The lowest BCUT2D eigenvalue weighted by Crippen LogP contribution is -2.30. The third-order valence-corrected chi connectivity index (χ3v) is 2.83. The van der Waals surface area contributed by atoms with E-state index in [1.54, 1.807) is 24.3 Å². The predicted octanol–water partition coefficient (Wildman–Crippen LogP) is 2.48. The van der Waals surface area contributed by atoms with Crippen molar-refractivity contribution in [2.24, 2.45) is 0 Å². The first-order valence-electron chi connectivity index (χ1n) is 5.95. The van der Waals surface area contributed by atoms with Crippen LogP contribution in [0, 0.1) is 0 Å². The zero-order valence-corrected chi connectivity index (χ0v) is 11.1. The Kier molecular flexibility index (Phi) is 6.72. The van der Waals surface area contributed by atoms with Crippen LogP contribution in [0.2, 0.25) is 5.02 Å². The topological polar surface area (TPSA) is 58.6 Å². The summed E-state index contributed by atoms with van der Waals surface area (Å²) in [7, 11) is 0. The molecule has 1 unspecified atom stereocenters. The standard InChI is InChI=1S/C13H18ClNO3/c1-2-18-9-5-8-15-12(13(16)17)10-6-3-4-7-11(10)14/h3-4,6-7,12,15H,2,5,8-9H2,1H3,(H,16,17). The van der Waals surface area contributed by atoms with Gasteiger partial charge in [-0.3, -0.25) is 4.79 Å². The minimum absolute atomic E-state index is 0.460. The summed E-state index contributed by atoms with van der Waals surface area (Å²) >= 11 is 6.00. The van der Waals surface area contributed by atoms with E-state index < -0.39 is 12.0 Å². The summed E-state index contributed by atoms with van der Waals surface area (Å²) in [5, 5.41) is 12.6. The molecule has 0 aliphatic rings. The SMILES string of the molecule is CCOCCCNC(C(=O)O)c1ccccc1Cl. The molecule has 4 nitrogen and oxygen atoms in total. The number of aliphatic carboxylic acids is 1. The molecule has 0 aliphatic heterocycles. The second-order valence-electron chi connectivity index (χ2n) is 3.80. The van der Waals surface area contributed by atoms with Crippen LogP contribution in [0.15, 0.2) is 24.3 Å². The Labute approximate surface area is 112 Å². The van der Waals surface area contributed by atoms with Crippen LogP contribution in [0.4, 0.5) is 0 Å². The normalized spacial score (nSPS) is 12.3. The molecule has 0 fully saturated rings. The van der Waals surface area contributed by atoms with E-state index in [2.05, 4.69) is 5.32 Å². The van der Waals surface area contributed by atoms with Gasteiger partial charge in [-0.05, 0) is 31.5 Å². The average Bonchev–Trinajstić information content (AvgIpc) is 2.35. The lowest BCUT2D eigenvalue weighted by molar-refractivity contribution is -0.139. The van der Waals surface area contributed by atoms with E-state index in [9.17, 15) is 9.90 Å². The summed E-state index contributed by atoms with van der Waals surface area (Å²) in [4.78, 5) is 11.2. The van der Waals surface area contributed by atoms with Gasteiger partial charge in [0.2, 0.25) is 0 Å². The van der Waals surface area contributed by atoms with Crippen molar-refractivity contribution in [3.8, 4) is 0 Å². The van der Waals surface area contributed by atoms with Crippen molar-refractivity contribution in [2.75, 3.05) is 19.8 Å². The number of halogens is 1. The fourth-order valence-electron chi connectivity index (χ4n) is 1.60. The zero-order chi connectivity index (χ0) is 13.4. The first kappa shape index (κ1) is 15.0. The van der Waals surface area contributed by atoms with E-state index >= 15 is 0 Å². The molecule has 0 saturated heterocycles. The fourth-order valence-corrected chi connectivity index (χ4v) is 1.85. The van der Waals surface area contributed by atoms with E-state index in [0.717, 1.165) is 6.42 Å². The number of carbonyl (C=O) groups is 1. The summed E-state index contributed by atoms with van der Waals surface area (Å²) in [5.41, 5.74) is 0.586. The van der Waals surface area contributed by atoms with E-state index in [1.165, 1.54) is 0 Å². The van der Waals surface area contributed by atoms with Gasteiger partial charge in [-0.25, -0.2) is 0 Å². The van der Waals surface area contributed by atoms with Gasteiger partial charge in [-0.2, -0.15) is 0 Å². The minimum atomic E-state index is -0.931. The van der Waals surface area contributed by atoms with Crippen LogP contribution in [-0.4, -0.2) is 30.8 Å². The Morgan fingerprint density at radius 1 is 1.50 bits per heavy atom. The largest absolute Gasteiger partial charge is 0.480 e. The molecule has 1 aromatic carbocycles. The van der Waals surface area contributed by atoms with Crippen LogP contribution in [0.25, 0.3) is 0 Å². The van der Waals surface area contributed by atoms with E-state index in [0.29, 0.717) is 30.3 Å². The van der Waals surface area contributed by atoms with Gasteiger partial charge in [0.1, 0.15) is 6.04 Å². The third-order valence-electron chi connectivity index (χ3n) is 2.48. The van der Waals surface area contributed by atoms with Crippen molar-refractivity contribution < 1.29 is 14.6 Å². The van der Waals surface area contributed by atoms with Crippen molar-refractivity contribution in [3.63, 3.8) is 0 Å². The first-order chi connectivity index (χ1) is 8.66. The van der Waals surface area contributed by atoms with Crippen molar-refractivity contribution in [3.05, 3.63) is 34.9 Å². The van der Waals surface area contributed by atoms with Crippen LogP contribution in [-0.2, 0) is 9.53 Å². The molecule has 100 valence electrons. The lowest BCUT2D eigenvalue weighted by Gasteiger charge is -2.16. The average molecular weight is 272 g/mol. The predicted molar refractivity (Wildman–Crippen MR) is 70.9 cm³/mol. The second kappa shape index (κ2) is 8.08. The maximum Gasteiger partial charge on any atom is 0.325 e. The molecule has 1 aromatic rings. The Hall–Kier alpha value is -1.10. The van der Waals surface area contributed by atoms with E-state index in [1.807, 2.05) is 6.92 Å². The molecule has 18 heavy (non-hydrogen) atoms. The summed E-state index contributed by atoms with van der Waals surface area (Å²) in [6, 6.07) is 6.19. The lowest BCUT2D eigenvalue weighted by atomic mass is 10.1. The molecule has 1 rings (SSSR count). The number of rotatable bonds is 8. The van der Waals surface area contributed by atoms with Crippen molar-refractivity contribution in [1.82, 2.24) is 5.32 Å². The van der Waals surface area contributed by atoms with Gasteiger partial charge in [-0.15, -0.1) is 0 Å². The van der Waals surface area contributed by atoms with Gasteiger partial charge in [0, 0.05) is 18.2 Å². The van der Waals surface area contributed by atoms with E-state index in [4.69, 9.17) is 16.3 Å². The molecule has 0 bridgehead atoms. The van der Waals surface area contributed by atoms with Crippen LogP contribution < -0.4 is 5.32 Å². The number of benzene rings is 1. The number of nitrogens with one attached hydrogen (secondary N) is 1. The highest BCUT2D eigenvalue weighted by molar-refractivity contribution is 6.31. The van der Waals surface area contributed by atoms with Gasteiger partial charge in [-0.1, -0.05) is 29.8 Å². The molecular weight excluding hydrogens is 254 g/mol. The van der Waals surface area contributed by atoms with Crippen LogP contribution in [0.1, 0.15) is 24.9 Å². The summed E-state index contributed by atoms with van der Waals surface area (Å²) < 4.78 is 5.19. The fraction of sp³-hybridized carbons (Fsp3) is 0.462. The Bertz CT molecular complexity index is 384.